The number of nitrogens with two attached hydrogens (primary N) is 1. The first-order chi connectivity index (χ1) is 14.7. The van der Waals surface area contributed by atoms with Crippen LogP contribution >= 0.6 is 0 Å². The molecule has 2 aromatic heterocycles. The Balaban J connectivity index is 1.79. The van der Waals surface area contributed by atoms with Crippen LogP contribution in [0, 0.1) is 25.5 Å². The highest BCUT2D eigenvalue weighted by Gasteiger charge is 2.24. The first kappa shape index (κ1) is 23.4. The molecule has 0 saturated heterocycles. The highest BCUT2D eigenvalue weighted by atomic mass is 32.2. The Kier molecular flexibility index (Phi) is 7.51. The summed E-state index contributed by atoms with van der Waals surface area (Å²) >= 11 is -1.56. The molecule has 31 heavy (non-hydrogen) atoms. The number of aromatic nitrogens is 3. The van der Waals surface area contributed by atoms with E-state index in [9.17, 15) is 13.3 Å². The fourth-order valence-corrected chi connectivity index (χ4v) is 4.94. The van der Waals surface area contributed by atoms with Crippen molar-refractivity contribution in [1.82, 2.24) is 14.5 Å². The molecular formula is C22H28F2N4O2S. The van der Waals surface area contributed by atoms with E-state index in [0.29, 0.717) is 43.7 Å². The maximum Gasteiger partial charge on any atom is 0.188 e. The lowest BCUT2D eigenvalue weighted by molar-refractivity contribution is 0.199. The lowest BCUT2D eigenvalue weighted by atomic mass is 10.2. The zero-order valence-corrected chi connectivity index (χ0v) is 19.1. The number of halogens is 2. The molecule has 3 aromatic rings. The summed E-state index contributed by atoms with van der Waals surface area (Å²) in [5, 5.41) is -0.285. The summed E-state index contributed by atoms with van der Waals surface area (Å²) < 4.78 is 47.2. The Morgan fingerprint density at radius 2 is 2.00 bits per heavy atom. The smallest absolute Gasteiger partial charge is 0.188 e. The maximum absolute atomic E-state index is 14.0. The monoisotopic (exact) mass is 450 g/mol. The number of anilines is 1. The van der Waals surface area contributed by atoms with E-state index in [2.05, 4.69) is 9.55 Å². The molecule has 2 N–H and O–H groups in total. The van der Waals surface area contributed by atoms with Gasteiger partial charge < -0.3 is 19.6 Å². The summed E-state index contributed by atoms with van der Waals surface area (Å²) in [5.41, 5.74) is 9.63. The highest BCUT2D eigenvalue weighted by Crippen LogP contribution is 2.28. The van der Waals surface area contributed by atoms with E-state index in [0.717, 1.165) is 34.7 Å². The molecule has 2 heterocycles. The molecular weight excluding hydrogens is 422 g/mol. The molecule has 0 aliphatic rings. The maximum atomic E-state index is 14.0. The predicted octanol–water partition coefficient (Wildman–Crippen LogP) is 4.07. The van der Waals surface area contributed by atoms with Crippen molar-refractivity contribution in [2.75, 3.05) is 19.5 Å². The molecule has 3 rings (SSSR count). The quantitative estimate of drug-likeness (QED) is 0.497. The molecule has 1 aromatic carbocycles. The molecule has 9 heteroatoms. The van der Waals surface area contributed by atoms with E-state index in [1.54, 1.807) is 7.11 Å². The zero-order valence-electron chi connectivity index (χ0n) is 18.2. The number of hydrogen-bond acceptors (Lipinski definition) is 5. The van der Waals surface area contributed by atoms with Crippen molar-refractivity contribution in [3.8, 4) is 0 Å². The predicted molar refractivity (Wildman–Crippen MR) is 118 cm³/mol. The summed E-state index contributed by atoms with van der Waals surface area (Å²) in [6.07, 6.45) is 1.94. The van der Waals surface area contributed by atoms with Gasteiger partial charge in [0.05, 0.1) is 12.1 Å². The van der Waals surface area contributed by atoms with E-state index >= 15 is 0 Å². The van der Waals surface area contributed by atoms with Crippen LogP contribution in [0.4, 0.5) is 14.6 Å². The van der Waals surface area contributed by atoms with Crippen LogP contribution in [-0.4, -0.2) is 38.1 Å². The van der Waals surface area contributed by atoms with Gasteiger partial charge in [-0.05, 0) is 62.5 Å². The fraction of sp³-hybridized carbons (Fsp3) is 0.455. The van der Waals surface area contributed by atoms with Crippen LogP contribution in [-0.2, 0) is 28.9 Å². The number of fused-ring (bicyclic) bond motifs is 1. The number of benzene rings is 1. The Morgan fingerprint density at radius 3 is 2.68 bits per heavy atom. The first-order valence-electron chi connectivity index (χ1n) is 10.2. The second-order valence-electron chi connectivity index (χ2n) is 7.65. The van der Waals surface area contributed by atoms with Gasteiger partial charge in [0.15, 0.2) is 16.5 Å². The third-order valence-electron chi connectivity index (χ3n) is 5.47. The van der Waals surface area contributed by atoms with Gasteiger partial charge in [-0.2, -0.15) is 0 Å². The molecule has 0 spiro atoms. The molecule has 0 amide bonds. The Morgan fingerprint density at radius 1 is 1.26 bits per heavy atom. The second-order valence-corrected chi connectivity index (χ2v) is 9.49. The Bertz CT molecular complexity index is 1070. The molecule has 0 radical (unpaired) electrons. The van der Waals surface area contributed by atoms with E-state index < -0.39 is 22.8 Å². The second kappa shape index (κ2) is 9.93. The molecule has 0 bridgehead atoms. The standard InChI is InChI=1S/C22H28F2N4O2S/c1-13(31(29)18-8-7-16(23)12-17(18)24)6-5-10-28-19(9-11-30-4)27-20-21(28)14(2)15(3)26-22(20)25/h7-8,12-13H,5-6,9-11H2,1-4H3,(H2,25,26). The van der Waals surface area contributed by atoms with Crippen LogP contribution in [0.1, 0.15) is 36.8 Å². The van der Waals surface area contributed by atoms with Crippen molar-refractivity contribution in [3.05, 3.63) is 46.9 Å². The normalized spacial score (nSPS) is 13.6. The summed E-state index contributed by atoms with van der Waals surface area (Å²) in [5.74, 6) is -0.197. The van der Waals surface area contributed by atoms with Crippen LogP contribution in [0.3, 0.4) is 0 Å². The van der Waals surface area contributed by atoms with E-state index in [-0.39, 0.29) is 10.1 Å². The molecule has 0 aliphatic heterocycles. The number of nitrogen functional groups attached to an aromatic ring is 1. The lowest BCUT2D eigenvalue weighted by Crippen LogP contribution is -2.20. The third-order valence-corrected chi connectivity index (χ3v) is 7.20. The summed E-state index contributed by atoms with van der Waals surface area (Å²) in [6.45, 7) is 6.90. The van der Waals surface area contributed by atoms with Gasteiger partial charge in [0, 0.05) is 31.8 Å². The van der Waals surface area contributed by atoms with Crippen LogP contribution in [0.5, 0.6) is 0 Å². The minimum absolute atomic E-state index is 0.0353. The number of aryl methyl sites for hydroxylation is 3. The SMILES string of the molecule is COCCc1nc2c(N)nc(C)c(C)c2n1CCCC(C)[S+]([O-])c1ccc(F)cc1F. The van der Waals surface area contributed by atoms with Crippen molar-refractivity contribution in [1.29, 1.82) is 0 Å². The largest absolute Gasteiger partial charge is 0.611 e. The van der Waals surface area contributed by atoms with Crippen LogP contribution in [0.2, 0.25) is 0 Å². The number of hydrogen-bond donors (Lipinski definition) is 1. The van der Waals surface area contributed by atoms with E-state index in [4.69, 9.17) is 15.5 Å². The van der Waals surface area contributed by atoms with Gasteiger partial charge in [0.2, 0.25) is 0 Å². The van der Waals surface area contributed by atoms with E-state index in [1.165, 1.54) is 6.07 Å². The molecule has 0 aliphatic carbocycles. The minimum Gasteiger partial charge on any atom is -0.611 e. The van der Waals surface area contributed by atoms with Crippen molar-refractivity contribution in [2.45, 2.75) is 56.7 Å². The van der Waals surface area contributed by atoms with Crippen molar-refractivity contribution >= 4 is 28.0 Å². The van der Waals surface area contributed by atoms with Crippen molar-refractivity contribution < 1.29 is 18.1 Å². The number of methoxy groups -OCH3 is 1. The molecule has 2 atom stereocenters. The van der Waals surface area contributed by atoms with Gasteiger partial charge in [-0.15, -0.1) is 0 Å². The first-order valence-corrected chi connectivity index (χ1v) is 11.4. The number of imidazole rings is 1. The van der Waals surface area contributed by atoms with Gasteiger partial charge in [0.25, 0.3) is 0 Å². The van der Waals surface area contributed by atoms with E-state index in [1.807, 2.05) is 20.8 Å². The lowest BCUT2D eigenvalue weighted by Gasteiger charge is -2.19. The Labute approximate surface area is 184 Å². The highest BCUT2D eigenvalue weighted by molar-refractivity contribution is 7.92. The van der Waals surface area contributed by atoms with Gasteiger partial charge in [-0.25, -0.2) is 18.7 Å². The van der Waals surface area contributed by atoms with Gasteiger partial charge in [-0.3, -0.25) is 0 Å². The van der Waals surface area contributed by atoms with Gasteiger partial charge >= 0.3 is 0 Å². The topological polar surface area (TPSA) is 89.0 Å². The van der Waals surface area contributed by atoms with Crippen LogP contribution < -0.4 is 5.73 Å². The van der Waals surface area contributed by atoms with Crippen molar-refractivity contribution in [2.24, 2.45) is 0 Å². The van der Waals surface area contributed by atoms with Crippen molar-refractivity contribution in [3.63, 3.8) is 0 Å². The number of pyridine rings is 1. The average Bonchev–Trinajstić information content (AvgIpc) is 3.09. The van der Waals surface area contributed by atoms with Gasteiger partial charge in [-0.1, -0.05) is 0 Å². The zero-order chi connectivity index (χ0) is 22.7. The number of rotatable bonds is 9. The van der Waals surface area contributed by atoms with Crippen LogP contribution in [0.15, 0.2) is 23.1 Å². The fourth-order valence-electron chi connectivity index (χ4n) is 3.67. The summed E-state index contributed by atoms with van der Waals surface area (Å²) in [7, 11) is 1.64. The summed E-state index contributed by atoms with van der Waals surface area (Å²) in [4.78, 5) is 9.12. The molecule has 168 valence electrons. The van der Waals surface area contributed by atoms with Gasteiger partial charge in [0.1, 0.15) is 22.4 Å². The number of ether oxygens (including phenoxy) is 1. The molecule has 2 unspecified atom stereocenters. The Hall–Kier alpha value is -2.23. The third kappa shape index (κ3) is 4.99. The van der Waals surface area contributed by atoms with Crippen LogP contribution in [0.25, 0.3) is 11.0 Å². The molecule has 0 fully saturated rings. The minimum atomic E-state index is -1.56. The molecule has 0 saturated carbocycles. The average molecular weight is 451 g/mol. The molecule has 6 nitrogen and oxygen atoms in total. The summed E-state index contributed by atoms with van der Waals surface area (Å²) in [6, 6.07) is 3.15. The number of nitrogens with zero attached hydrogens (tertiary/aromatic N) is 3.